The Kier molecular flexibility index (Phi) is 3.90. The topological polar surface area (TPSA) is 56.5 Å². The number of carbonyl (C=O) groups is 2. The van der Waals surface area contributed by atoms with Crippen LogP contribution in [0.3, 0.4) is 0 Å². The van der Waals surface area contributed by atoms with Crippen molar-refractivity contribution < 1.29 is 18.7 Å². The third-order valence-electron chi connectivity index (χ3n) is 3.65. The summed E-state index contributed by atoms with van der Waals surface area (Å²) in [5, 5.41) is 0. The molecule has 0 spiro atoms. The van der Waals surface area contributed by atoms with Crippen LogP contribution in [0.15, 0.2) is 27.2 Å². The van der Waals surface area contributed by atoms with Gasteiger partial charge in [-0.3, -0.25) is 0 Å². The highest BCUT2D eigenvalue weighted by molar-refractivity contribution is 6.22. The molecule has 0 unspecified atom stereocenters. The fourth-order valence-electron chi connectivity index (χ4n) is 2.86. The molecule has 22 heavy (non-hydrogen) atoms. The lowest BCUT2D eigenvalue weighted by atomic mass is 9.77. The molecule has 1 fully saturated rings. The van der Waals surface area contributed by atoms with Crippen molar-refractivity contribution in [3.63, 3.8) is 0 Å². The first-order valence-corrected chi connectivity index (χ1v) is 7.30. The second-order valence-electron chi connectivity index (χ2n) is 6.88. The van der Waals surface area contributed by atoms with Gasteiger partial charge >= 0.3 is 11.9 Å². The molecule has 1 aliphatic heterocycles. The predicted octanol–water partition coefficient (Wildman–Crippen LogP) is 4.12. The normalized spacial score (nSPS) is 17.9. The summed E-state index contributed by atoms with van der Waals surface area (Å²) in [4.78, 5) is 24.3. The molecule has 0 aliphatic carbocycles. The summed E-state index contributed by atoms with van der Waals surface area (Å²) in [7, 11) is 0. The molecule has 0 bridgehead atoms. The molecule has 1 saturated heterocycles. The fourth-order valence-corrected chi connectivity index (χ4v) is 2.86. The summed E-state index contributed by atoms with van der Waals surface area (Å²) in [6.07, 6.45) is 0. The summed E-state index contributed by atoms with van der Waals surface area (Å²) in [6.45, 7) is 13.4. The van der Waals surface area contributed by atoms with Crippen molar-refractivity contribution in [1.29, 1.82) is 0 Å². The van der Waals surface area contributed by atoms with Crippen molar-refractivity contribution in [3.05, 3.63) is 39.9 Å². The second kappa shape index (κ2) is 5.27. The Morgan fingerprint density at radius 2 is 1.55 bits per heavy atom. The van der Waals surface area contributed by atoms with E-state index < -0.39 is 11.9 Å². The number of cyclic esters (lactones) is 2. The number of furan rings is 1. The predicted molar refractivity (Wildman–Crippen MR) is 84.0 cm³/mol. The molecule has 1 aromatic heterocycles. The Morgan fingerprint density at radius 3 is 1.95 bits per heavy atom. The minimum Gasteiger partial charge on any atom is -0.466 e. The largest absolute Gasteiger partial charge is 0.466 e. The molecule has 0 aromatic carbocycles. The van der Waals surface area contributed by atoms with Crippen molar-refractivity contribution >= 4 is 17.5 Å². The van der Waals surface area contributed by atoms with Crippen molar-refractivity contribution in [1.82, 2.24) is 0 Å². The summed E-state index contributed by atoms with van der Waals surface area (Å²) in [5.74, 6) is 0.352. The van der Waals surface area contributed by atoms with Crippen LogP contribution in [-0.2, 0) is 14.3 Å². The molecule has 2 heterocycles. The van der Waals surface area contributed by atoms with E-state index in [1.807, 2.05) is 54.5 Å². The van der Waals surface area contributed by atoms with E-state index in [2.05, 4.69) is 0 Å². The Morgan fingerprint density at radius 1 is 1.00 bits per heavy atom. The number of allylic oxidation sites excluding steroid dienone is 2. The highest BCUT2D eigenvalue weighted by atomic mass is 16.6. The lowest BCUT2D eigenvalue weighted by Gasteiger charge is -2.24. The van der Waals surface area contributed by atoms with Crippen LogP contribution >= 0.6 is 0 Å². The minimum absolute atomic E-state index is 0.346. The first-order valence-electron chi connectivity index (χ1n) is 7.30. The molecule has 0 atom stereocenters. The molecule has 1 aliphatic rings. The van der Waals surface area contributed by atoms with Gasteiger partial charge < -0.3 is 9.15 Å². The van der Waals surface area contributed by atoms with Gasteiger partial charge in [-0.1, -0.05) is 26.3 Å². The Labute approximate surface area is 130 Å². The van der Waals surface area contributed by atoms with Gasteiger partial charge in [-0.25, -0.2) is 9.59 Å². The van der Waals surface area contributed by atoms with Gasteiger partial charge in [0.15, 0.2) is 0 Å². The molecule has 0 amide bonds. The van der Waals surface area contributed by atoms with Gasteiger partial charge in [-0.2, -0.15) is 0 Å². The number of carbonyl (C=O) groups excluding carboxylic acids is 2. The second-order valence-corrected chi connectivity index (χ2v) is 6.88. The van der Waals surface area contributed by atoms with Crippen LogP contribution in [0.4, 0.5) is 0 Å². The standard InChI is InChI=1S/C18H22O4/c1-9(2)13-14(17(20)22-16(13)19)15(18(5,6)7)12-8-10(3)21-11(12)4/h8H,1-7H3/b15-14-. The maximum Gasteiger partial charge on any atom is 0.347 e. The average Bonchev–Trinajstić information content (AvgIpc) is 2.78. The van der Waals surface area contributed by atoms with Gasteiger partial charge in [0, 0.05) is 5.56 Å². The van der Waals surface area contributed by atoms with Crippen LogP contribution in [0.25, 0.3) is 5.57 Å². The lowest BCUT2D eigenvalue weighted by molar-refractivity contribution is -0.149. The number of aryl methyl sites for hydroxylation is 2. The highest BCUT2D eigenvalue weighted by Crippen LogP contribution is 2.43. The Hall–Kier alpha value is -2.10. The van der Waals surface area contributed by atoms with Crippen LogP contribution in [0.1, 0.15) is 51.7 Å². The molecule has 0 radical (unpaired) electrons. The molecular weight excluding hydrogens is 280 g/mol. The number of ether oxygens (including phenoxy) is 1. The van der Waals surface area contributed by atoms with Crippen molar-refractivity contribution in [2.24, 2.45) is 5.41 Å². The van der Waals surface area contributed by atoms with Crippen molar-refractivity contribution in [2.75, 3.05) is 0 Å². The zero-order chi connectivity index (χ0) is 16.8. The van der Waals surface area contributed by atoms with Gasteiger partial charge in [-0.15, -0.1) is 0 Å². The van der Waals surface area contributed by atoms with E-state index >= 15 is 0 Å². The van der Waals surface area contributed by atoms with Gasteiger partial charge in [0.05, 0.1) is 11.1 Å². The van der Waals surface area contributed by atoms with Gasteiger partial charge in [0.25, 0.3) is 0 Å². The van der Waals surface area contributed by atoms with E-state index in [-0.39, 0.29) is 5.41 Å². The van der Waals surface area contributed by atoms with Gasteiger partial charge in [0.2, 0.25) is 0 Å². The summed E-state index contributed by atoms with van der Waals surface area (Å²) >= 11 is 0. The number of hydrogen-bond donors (Lipinski definition) is 0. The van der Waals surface area contributed by atoms with E-state index in [1.54, 1.807) is 0 Å². The molecule has 1 aromatic rings. The van der Waals surface area contributed by atoms with Crippen LogP contribution in [0, 0.1) is 19.3 Å². The summed E-state index contributed by atoms with van der Waals surface area (Å²) in [6, 6.07) is 1.90. The molecule has 4 heteroatoms. The zero-order valence-electron chi connectivity index (χ0n) is 14.2. The van der Waals surface area contributed by atoms with Crippen LogP contribution < -0.4 is 0 Å². The molecule has 2 rings (SSSR count). The Bertz CT molecular complexity index is 717. The first kappa shape index (κ1) is 16.3. The maximum atomic E-state index is 12.3. The maximum absolute atomic E-state index is 12.3. The van der Waals surface area contributed by atoms with Gasteiger partial charge in [0.1, 0.15) is 11.5 Å². The third kappa shape index (κ3) is 2.65. The monoisotopic (exact) mass is 302 g/mol. The fraction of sp³-hybridized carbons (Fsp3) is 0.444. The van der Waals surface area contributed by atoms with E-state index in [4.69, 9.17) is 9.15 Å². The molecule has 0 saturated carbocycles. The third-order valence-corrected chi connectivity index (χ3v) is 3.65. The highest BCUT2D eigenvalue weighted by Gasteiger charge is 2.40. The molecule has 4 nitrogen and oxygen atoms in total. The van der Waals surface area contributed by atoms with E-state index in [0.717, 1.165) is 28.2 Å². The van der Waals surface area contributed by atoms with Crippen molar-refractivity contribution in [2.45, 2.75) is 48.5 Å². The first-order chi connectivity index (χ1) is 10.0. The Balaban J connectivity index is 2.90. The minimum atomic E-state index is -0.579. The van der Waals surface area contributed by atoms with E-state index in [9.17, 15) is 9.59 Å². The number of rotatable bonds is 1. The van der Waals surface area contributed by atoms with Crippen LogP contribution in [0.5, 0.6) is 0 Å². The molecular formula is C18H22O4. The van der Waals surface area contributed by atoms with E-state index in [1.165, 1.54) is 0 Å². The quantitative estimate of drug-likeness (QED) is 0.445. The summed E-state index contributed by atoms with van der Waals surface area (Å²) in [5.41, 5.74) is 2.79. The van der Waals surface area contributed by atoms with Crippen LogP contribution in [0.2, 0.25) is 0 Å². The van der Waals surface area contributed by atoms with Crippen molar-refractivity contribution in [3.8, 4) is 0 Å². The van der Waals surface area contributed by atoms with Gasteiger partial charge in [-0.05, 0) is 44.7 Å². The number of esters is 2. The smallest absolute Gasteiger partial charge is 0.347 e. The average molecular weight is 302 g/mol. The molecule has 118 valence electrons. The lowest BCUT2D eigenvalue weighted by Crippen LogP contribution is -2.14. The van der Waals surface area contributed by atoms with Crippen LogP contribution in [-0.4, -0.2) is 11.9 Å². The summed E-state index contributed by atoms with van der Waals surface area (Å²) < 4.78 is 10.5. The molecule has 0 N–H and O–H groups in total. The number of hydrogen-bond acceptors (Lipinski definition) is 4. The van der Waals surface area contributed by atoms with E-state index in [0.29, 0.717) is 11.1 Å². The zero-order valence-corrected chi connectivity index (χ0v) is 14.2. The SMILES string of the molecule is CC(C)=C1C(=O)OC(=O)/C1=C(/c1cc(C)oc1C)C(C)(C)C.